The Kier molecular flexibility index (Phi) is 3.09. The van der Waals surface area contributed by atoms with Crippen LogP contribution in [0.25, 0.3) is 0 Å². The van der Waals surface area contributed by atoms with E-state index in [1.165, 1.54) is 0 Å². The Bertz CT molecular complexity index is 122. The van der Waals surface area contributed by atoms with Crippen molar-refractivity contribution in [1.29, 1.82) is 0 Å². The maximum atomic E-state index is 6.06. The van der Waals surface area contributed by atoms with Gasteiger partial charge in [-0.15, -0.1) is 0 Å². The molecule has 0 heterocycles. The van der Waals surface area contributed by atoms with E-state index in [4.69, 9.17) is 11.5 Å². The molecule has 1 unspecified atom stereocenters. The third-order valence-electron chi connectivity index (χ3n) is 2.30. The zero-order valence-electron chi connectivity index (χ0n) is 8.44. The van der Waals surface area contributed by atoms with Gasteiger partial charge in [-0.3, -0.25) is 0 Å². The summed E-state index contributed by atoms with van der Waals surface area (Å²) >= 11 is 0. The van der Waals surface area contributed by atoms with Crippen molar-refractivity contribution in [1.82, 2.24) is 0 Å². The van der Waals surface area contributed by atoms with Gasteiger partial charge in [0.25, 0.3) is 0 Å². The van der Waals surface area contributed by atoms with Gasteiger partial charge in [0.05, 0.1) is 0 Å². The lowest BCUT2D eigenvalue weighted by atomic mass is 9.71. The summed E-state index contributed by atoms with van der Waals surface area (Å²) in [6.07, 6.45) is 0. The lowest BCUT2D eigenvalue weighted by Gasteiger charge is -2.39. The molecule has 0 aliphatic carbocycles. The Morgan fingerprint density at radius 3 is 1.55 bits per heavy atom. The number of rotatable bonds is 2. The van der Waals surface area contributed by atoms with Crippen molar-refractivity contribution in [3.8, 4) is 0 Å². The van der Waals surface area contributed by atoms with Crippen LogP contribution in [0.15, 0.2) is 0 Å². The van der Waals surface area contributed by atoms with Crippen molar-refractivity contribution in [3.05, 3.63) is 0 Å². The van der Waals surface area contributed by atoms with Gasteiger partial charge in [0, 0.05) is 6.04 Å². The quantitative estimate of drug-likeness (QED) is 0.637. The van der Waals surface area contributed by atoms with Crippen LogP contribution in [0.2, 0.25) is 0 Å². The third-order valence-corrected chi connectivity index (χ3v) is 2.30. The fourth-order valence-electron chi connectivity index (χ4n) is 1.30. The number of hydrogen-bond acceptors (Lipinski definition) is 2. The first-order valence-corrected chi connectivity index (χ1v) is 4.17. The van der Waals surface area contributed by atoms with E-state index in [0.717, 1.165) is 0 Å². The van der Waals surface area contributed by atoms with Crippen LogP contribution in [0.4, 0.5) is 0 Å². The molecule has 1 atom stereocenters. The SMILES string of the molecule is CC(C)(C)C(N)C(C)(C)CN. The first-order chi connectivity index (χ1) is 4.72. The highest BCUT2D eigenvalue weighted by atomic mass is 14.8. The fourth-order valence-corrected chi connectivity index (χ4v) is 1.30. The van der Waals surface area contributed by atoms with Crippen LogP contribution in [-0.2, 0) is 0 Å². The summed E-state index contributed by atoms with van der Waals surface area (Å²) in [6.45, 7) is 11.3. The fraction of sp³-hybridized carbons (Fsp3) is 1.00. The molecule has 0 amide bonds. The summed E-state index contributed by atoms with van der Waals surface area (Å²) in [6, 6.07) is 0.153. The van der Waals surface area contributed by atoms with Gasteiger partial charge in [0.15, 0.2) is 0 Å². The minimum absolute atomic E-state index is 0.0399. The van der Waals surface area contributed by atoms with Crippen LogP contribution < -0.4 is 11.5 Å². The zero-order valence-corrected chi connectivity index (χ0v) is 8.44. The molecular formula is C9H22N2. The highest BCUT2D eigenvalue weighted by Crippen LogP contribution is 2.30. The second-order valence-electron chi connectivity index (χ2n) is 5.04. The lowest BCUT2D eigenvalue weighted by molar-refractivity contribution is 0.168. The van der Waals surface area contributed by atoms with Crippen LogP contribution in [-0.4, -0.2) is 12.6 Å². The second kappa shape index (κ2) is 3.11. The van der Waals surface area contributed by atoms with E-state index in [2.05, 4.69) is 34.6 Å². The Morgan fingerprint density at radius 2 is 1.45 bits per heavy atom. The first kappa shape index (κ1) is 10.9. The molecule has 11 heavy (non-hydrogen) atoms. The van der Waals surface area contributed by atoms with Crippen LogP contribution in [0, 0.1) is 10.8 Å². The normalized spacial score (nSPS) is 16.6. The van der Waals surface area contributed by atoms with Crippen molar-refractivity contribution in [2.75, 3.05) is 6.54 Å². The third kappa shape index (κ3) is 2.80. The molecule has 4 N–H and O–H groups in total. The minimum Gasteiger partial charge on any atom is -0.330 e. The van der Waals surface area contributed by atoms with Gasteiger partial charge in [0.2, 0.25) is 0 Å². The van der Waals surface area contributed by atoms with E-state index in [1.807, 2.05) is 0 Å². The smallest absolute Gasteiger partial charge is 0.0151 e. The monoisotopic (exact) mass is 158 g/mol. The van der Waals surface area contributed by atoms with Gasteiger partial charge in [-0.2, -0.15) is 0 Å². The topological polar surface area (TPSA) is 52.0 Å². The molecule has 0 radical (unpaired) electrons. The molecule has 2 heteroatoms. The molecule has 0 saturated heterocycles. The number of nitrogens with two attached hydrogens (primary N) is 2. The minimum atomic E-state index is 0.0399. The van der Waals surface area contributed by atoms with Crippen molar-refractivity contribution in [2.24, 2.45) is 22.3 Å². The van der Waals surface area contributed by atoms with Gasteiger partial charge in [-0.05, 0) is 17.4 Å². The van der Waals surface area contributed by atoms with Crippen molar-refractivity contribution in [2.45, 2.75) is 40.7 Å². The Hall–Kier alpha value is -0.0800. The van der Waals surface area contributed by atoms with E-state index in [9.17, 15) is 0 Å². The average molecular weight is 158 g/mol. The Morgan fingerprint density at radius 1 is 1.09 bits per heavy atom. The summed E-state index contributed by atoms with van der Waals surface area (Å²) in [5.41, 5.74) is 11.9. The maximum Gasteiger partial charge on any atom is 0.0151 e. The number of hydrogen-bond donors (Lipinski definition) is 2. The van der Waals surface area contributed by atoms with Crippen molar-refractivity contribution in [3.63, 3.8) is 0 Å². The van der Waals surface area contributed by atoms with Gasteiger partial charge >= 0.3 is 0 Å². The molecule has 0 aliphatic rings. The van der Waals surface area contributed by atoms with Crippen molar-refractivity contribution >= 4 is 0 Å². The lowest BCUT2D eigenvalue weighted by Crippen LogP contribution is -2.50. The molecule has 0 spiro atoms. The maximum absolute atomic E-state index is 6.06. The summed E-state index contributed by atoms with van der Waals surface area (Å²) in [5.74, 6) is 0. The van der Waals surface area contributed by atoms with E-state index in [1.54, 1.807) is 0 Å². The van der Waals surface area contributed by atoms with E-state index >= 15 is 0 Å². The van der Waals surface area contributed by atoms with Crippen molar-refractivity contribution < 1.29 is 0 Å². The Labute approximate surface area is 70.3 Å². The van der Waals surface area contributed by atoms with Gasteiger partial charge < -0.3 is 11.5 Å². The zero-order chi connectivity index (χ0) is 9.28. The molecule has 0 aromatic heterocycles. The molecule has 0 aromatic carbocycles. The molecule has 2 nitrogen and oxygen atoms in total. The molecule has 0 aliphatic heterocycles. The predicted molar refractivity (Wildman–Crippen MR) is 50.3 cm³/mol. The van der Waals surface area contributed by atoms with Crippen LogP contribution >= 0.6 is 0 Å². The van der Waals surface area contributed by atoms with E-state index in [0.29, 0.717) is 6.54 Å². The van der Waals surface area contributed by atoms with E-state index in [-0.39, 0.29) is 16.9 Å². The highest BCUT2D eigenvalue weighted by molar-refractivity contribution is 4.90. The van der Waals surface area contributed by atoms with Crippen LogP contribution in [0.3, 0.4) is 0 Å². The van der Waals surface area contributed by atoms with Gasteiger partial charge in [0.1, 0.15) is 0 Å². The summed E-state index contributed by atoms with van der Waals surface area (Å²) < 4.78 is 0. The molecule has 0 fully saturated rings. The molecule has 0 aromatic rings. The first-order valence-electron chi connectivity index (χ1n) is 4.17. The predicted octanol–water partition coefficient (Wildman–Crippen LogP) is 1.34. The molecule has 68 valence electrons. The highest BCUT2D eigenvalue weighted by Gasteiger charge is 2.33. The summed E-state index contributed by atoms with van der Waals surface area (Å²) in [7, 11) is 0. The molecule has 0 bridgehead atoms. The molecule has 0 rings (SSSR count). The summed E-state index contributed by atoms with van der Waals surface area (Å²) in [4.78, 5) is 0. The van der Waals surface area contributed by atoms with Gasteiger partial charge in [-0.25, -0.2) is 0 Å². The van der Waals surface area contributed by atoms with Crippen LogP contribution in [0.5, 0.6) is 0 Å². The Balaban J connectivity index is 4.35. The average Bonchev–Trinajstić information content (AvgIpc) is 1.84. The molecule has 0 saturated carbocycles. The summed E-state index contributed by atoms with van der Waals surface area (Å²) in [5, 5.41) is 0. The second-order valence-corrected chi connectivity index (χ2v) is 5.04. The standard InChI is InChI=1S/C9H22N2/c1-8(2,3)7(11)9(4,5)6-10/h7H,6,10-11H2,1-5H3. The molecular weight excluding hydrogens is 136 g/mol. The van der Waals surface area contributed by atoms with Crippen LogP contribution in [0.1, 0.15) is 34.6 Å². The van der Waals surface area contributed by atoms with E-state index < -0.39 is 0 Å². The van der Waals surface area contributed by atoms with Gasteiger partial charge in [-0.1, -0.05) is 34.6 Å². The largest absolute Gasteiger partial charge is 0.330 e.